The van der Waals surface area contributed by atoms with Gasteiger partial charge in [-0.05, 0) is 23.8 Å². The number of anilines is 1. The molecule has 3 nitrogen and oxygen atoms in total. The minimum atomic E-state index is -0.338. The molecular weight excluding hydrogens is 251 g/mol. The molecule has 1 aromatic carbocycles. The molecule has 0 fully saturated rings. The molecule has 0 spiro atoms. The first-order valence-electron chi connectivity index (χ1n) is 3.83. The van der Waals surface area contributed by atoms with Crippen molar-refractivity contribution in [1.29, 1.82) is 0 Å². The predicted octanol–water partition coefficient (Wildman–Crippen LogP) is 2.83. The minimum Gasteiger partial charge on any atom is -0.367 e. The zero-order valence-electron chi connectivity index (χ0n) is 7.00. The molecule has 0 unspecified atom stereocenters. The molecule has 0 saturated heterocycles. The van der Waals surface area contributed by atoms with Crippen molar-refractivity contribution >= 4 is 21.8 Å². The Labute approximate surface area is 87.8 Å². The molecule has 2 rings (SSSR count). The molecule has 0 aliphatic carbocycles. The number of rotatable bonds is 1. The molecule has 1 aromatic heterocycles. The zero-order chi connectivity index (χ0) is 10.1. The summed E-state index contributed by atoms with van der Waals surface area (Å²) in [4.78, 5) is 0. The van der Waals surface area contributed by atoms with Crippen molar-refractivity contribution in [3.05, 3.63) is 34.7 Å². The van der Waals surface area contributed by atoms with Crippen molar-refractivity contribution in [3.63, 3.8) is 0 Å². The van der Waals surface area contributed by atoms with E-state index in [1.54, 1.807) is 6.07 Å². The number of hydrogen-bond acceptors (Lipinski definition) is 3. The second-order valence-corrected chi connectivity index (χ2v) is 3.68. The van der Waals surface area contributed by atoms with Crippen molar-refractivity contribution in [1.82, 2.24) is 5.16 Å². The van der Waals surface area contributed by atoms with Crippen molar-refractivity contribution in [2.24, 2.45) is 0 Å². The fourth-order valence-corrected chi connectivity index (χ4v) is 1.64. The normalized spacial score (nSPS) is 10.4. The Morgan fingerprint density at radius 1 is 1.36 bits per heavy atom. The first-order chi connectivity index (χ1) is 6.66. The maximum atomic E-state index is 13.0. The number of nitrogens with two attached hydrogens (primary N) is 1. The Morgan fingerprint density at radius 2 is 2.14 bits per heavy atom. The van der Waals surface area contributed by atoms with Gasteiger partial charge in [-0.3, -0.25) is 0 Å². The van der Waals surface area contributed by atoms with E-state index in [2.05, 4.69) is 25.6 Å². The summed E-state index contributed by atoms with van der Waals surface area (Å²) >= 11 is 3.19. The van der Waals surface area contributed by atoms with Crippen LogP contribution in [0.3, 0.4) is 0 Å². The number of aromatic nitrogens is 1. The van der Waals surface area contributed by atoms with Gasteiger partial charge in [0.15, 0.2) is 0 Å². The molecule has 5 heteroatoms. The third kappa shape index (κ3) is 1.63. The number of halogens is 2. The van der Waals surface area contributed by atoms with Gasteiger partial charge < -0.3 is 10.3 Å². The zero-order valence-corrected chi connectivity index (χ0v) is 8.58. The van der Waals surface area contributed by atoms with Gasteiger partial charge in [-0.1, -0.05) is 21.1 Å². The molecule has 72 valence electrons. The summed E-state index contributed by atoms with van der Waals surface area (Å²) in [5.74, 6) is -0.155. The third-order valence-corrected chi connectivity index (χ3v) is 2.23. The highest BCUT2D eigenvalue weighted by Gasteiger charge is 2.08. The first kappa shape index (κ1) is 9.21. The fraction of sp³-hybridized carbons (Fsp3) is 0. The van der Waals surface area contributed by atoms with Crippen LogP contribution < -0.4 is 5.73 Å². The van der Waals surface area contributed by atoms with Crippen LogP contribution in [0, 0.1) is 5.82 Å². The number of benzene rings is 1. The molecule has 2 N–H and O–H groups in total. The van der Waals surface area contributed by atoms with Crippen LogP contribution in [0.5, 0.6) is 0 Å². The van der Waals surface area contributed by atoms with Gasteiger partial charge in [-0.2, -0.15) is 0 Å². The van der Waals surface area contributed by atoms with E-state index in [0.29, 0.717) is 15.6 Å². The van der Waals surface area contributed by atoms with E-state index in [-0.39, 0.29) is 11.7 Å². The summed E-state index contributed by atoms with van der Waals surface area (Å²) < 4.78 is 18.4. The Balaban J connectivity index is 2.57. The van der Waals surface area contributed by atoms with E-state index in [4.69, 9.17) is 5.73 Å². The van der Waals surface area contributed by atoms with Gasteiger partial charge in [0.25, 0.3) is 0 Å². The summed E-state index contributed by atoms with van der Waals surface area (Å²) in [6.07, 6.45) is 1.45. The van der Waals surface area contributed by atoms with Crippen molar-refractivity contribution in [2.45, 2.75) is 0 Å². The van der Waals surface area contributed by atoms with Crippen LogP contribution in [-0.4, -0.2) is 5.16 Å². The summed E-state index contributed by atoms with van der Waals surface area (Å²) in [6, 6.07) is 4.48. The highest BCUT2D eigenvalue weighted by molar-refractivity contribution is 9.10. The largest absolute Gasteiger partial charge is 0.367 e. The van der Waals surface area contributed by atoms with Gasteiger partial charge in [-0.25, -0.2) is 4.39 Å². The molecule has 14 heavy (non-hydrogen) atoms. The highest BCUT2D eigenvalue weighted by Crippen LogP contribution is 2.28. The number of nitrogens with zero attached hydrogens (tertiary/aromatic N) is 1. The van der Waals surface area contributed by atoms with E-state index in [0.717, 1.165) is 0 Å². The van der Waals surface area contributed by atoms with Crippen LogP contribution in [0.4, 0.5) is 10.3 Å². The molecule has 0 saturated carbocycles. The molecule has 0 radical (unpaired) electrons. The van der Waals surface area contributed by atoms with Gasteiger partial charge in [-0.15, -0.1) is 0 Å². The monoisotopic (exact) mass is 256 g/mol. The molecule has 0 bridgehead atoms. The second-order valence-electron chi connectivity index (χ2n) is 2.76. The van der Waals surface area contributed by atoms with E-state index in [1.165, 1.54) is 18.3 Å². The molecule has 1 heterocycles. The number of hydrogen-bond donors (Lipinski definition) is 1. The lowest BCUT2D eigenvalue weighted by Crippen LogP contribution is -1.85. The van der Waals surface area contributed by atoms with Crippen molar-refractivity contribution < 1.29 is 8.91 Å². The van der Waals surface area contributed by atoms with Crippen molar-refractivity contribution in [3.8, 4) is 11.1 Å². The molecule has 0 atom stereocenters. The van der Waals surface area contributed by atoms with E-state index < -0.39 is 0 Å². The lowest BCUT2D eigenvalue weighted by Gasteiger charge is -1.99. The Bertz CT molecular complexity index is 449. The Morgan fingerprint density at radius 3 is 2.71 bits per heavy atom. The van der Waals surface area contributed by atoms with Crippen LogP contribution in [0.1, 0.15) is 0 Å². The highest BCUT2D eigenvalue weighted by atomic mass is 79.9. The molecule has 0 aliphatic heterocycles. The fourth-order valence-electron chi connectivity index (χ4n) is 1.17. The van der Waals surface area contributed by atoms with E-state index >= 15 is 0 Å². The van der Waals surface area contributed by atoms with Crippen LogP contribution in [-0.2, 0) is 0 Å². The Kier molecular flexibility index (Phi) is 2.25. The van der Waals surface area contributed by atoms with E-state index in [1.807, 2.05) is 0 Å². The Hall–Kier alpha value is -1.36. The lowest BCUT2D eigenvalue weighted by atomic mass is 10.1. The summed E-state index contributed by atoms with van der Waals surface area (Å²) in [5, 5.41) is 3.52. The second kappa shape index (κ2) is 3.42. The van der Waals surface area contributed by atoms with Crippen LogP contribution in [0.2, 0.25) is 0 Å². The molecule has 0 amide bonds. The smallest absolute Gasteiger partial charge is 0.229 e. The van der Waals surface area contributed by atoms with Gasteiger partial charge >= 0.3 is 0 Å². The van der Waals surface area contributed by atoms with Gasteiger partial charge in [0.1, 0.15) is 5.82 Å². The summed E-state index contributed by atoms with van der Waals surface area (Å²) in [5.41, 5.74) is 6.73. The predicted molar refractivity (Wildman–Crippen MR) is 54.0 cm³/mol. The number of nitrogen functional groups attached to an aromatic ring is 1. The minimum absolute atomic E-state index is 0.183. The first-order valence-corrected chi connectivity index (χ1v) is 4.63. The summed E-state index contributed by atoms with van der Waals surface area (Å²) in [6.45, 7) is 0. The standard InChI is InChI=1S/C9H6BrFN2O/c10-6-1-5(2-7(11)3-6)8-4-13-14-9(8)12/h1-4H,12H2. The topological polar surface area (TPSA) is 52.0 Å². The van der Waals surface area contributed by atoms with Gasteiger partial charge in [0.05, 0.1) is 11.8 Å². The maximum Gasteiger partial charge on any atom is 0.229 e. The molecule has 0 aliphatic rings. The maximum absolute atomic E-state index is 13.0. The van der Waals surface area contributed by atoms with Gasteiger partial charge in [0, 0.05) is 4.47 Å². The van der Waals surface area contributed by atoms with Crippen LogP contribution in [0.25, 0.3) is 11.1 Å². The average molecular weight is 257 g/mol. The quantitative estimate of drug-likeness (QED) is 0.854. The van der Waals surface area contributed by atoms with Crippen LogP contribution in [0.15, 0.2) is 33.4 Å². The summed E-state index contributed by atoms with van der Waals surface area (Å²) in [7, 11) is 0. The SMILES string of the molecule is Nc1oncc1-c1cc(F)cc(Br)c1. The van der Waals surface area contributed by atoms with E-state index in [9.17, 15) is 4.39 Å². The lowest BCUT2D eigenvalue weighted by molar-refractivity contribution is 0.436. The molecule has 2 aromatic rings. The van der Waals surface area contributed by atoms with Crippen molar-refractivity contribution in [2.75, 3.05) is 5.73 Å². The third-order valence-electron chi connectivity index (χ3n) is 1.77. The van der Waals surface area contributed by atoms with Gasteiger partial charge in [0.2, 0.25) is 5.88 Å². The van der Waals surface area contributed by atoms with Crippen LogP contribution >= 0.6 is 15.9 Å². The molecular formula is C9H6BrFN2O. The average Bonchev–Trinajstić information content (AvgIpc) is 2.49.